The van der Waals surface area contributed by atoms with Gasteiger partial charge in [0.05, 0.1) is 6.61 Å². The quantitative estimate of drug-likeness (QED) is 0.342. The van der Waals surface area contributed by atoms with Gasteiger partial charge in [0.25, 0.3) is 0 Å². The Hall–Kier alpha value is -2.81. The molecule has 1 unspecified atom stereocenters. The molecule has 0 bridgehead atoms. The number of hydrogen-bond acceptors (Lipinski definition) is 2. The van der Waals surface area contributed by atoms with Crippen molar-refractivity contribution in [1.82, 2.24) is 0 Å². The zero-order valence-corrected chi connectivity index (χ0v) is 18.1. The minimum Gasteiger partial charge on any atom is -0.494 e. The molecule has 0 saturated carbocycles. The molecule has 0 fully saturated rings. The first-order valence-electron chi connectivity index (χ1n) is 10.8. The minimum atomic E-state index is -0.336. The van der Waals surface area contributed by atoms with Crippen LogP contribution < -0.4 is 9.47 Å². The first-order valence-corrected chi connectivity index (χ1v) is 10.8. The van der Waals surface area contributed by atoms with E-state index in [1.807, 2.05) is 49.4 Å². The van der Waals surface area contributed by atoms with E-state index in [2.05, 4.69) is 38.1 Å². The molecule has 3 aromatic carbocycles. The molecule has 0 aliphatic carbocycles. The summed E-state index contributed by atoms with van der Waals surface area (Å²) >= 11 is 0. The highest BCUT2D eigenvalue weighted by atomic mass is 19.1. The summed E-state index contributed by atoms with van der Waals surface area (Å²) in [6.45, 7) is 7.22. The van der Waals surface area contributed by atoms with Gasteiger partial charge in [0.15, 0.2) is 11.6 Å². The van der Waals surface area contributed by atoms with Crippen LogP contribution in [-0.2, 0) is 6.42 Å². The van der Waals surface area contributed by atoms with Gasteiger partial charge in [0.2, 0.25) is 0 Å². The van der Waals surface area contributed by atoms with Crippen LogP contribution in [0.3, 0.4) is 0 Å². The first kappa shape index (κ1) is 21.9. The van der Waals surface area contributed by atoms with Gasteiger partial charge >= 0.3 is 0 Å². The highest BCUT2D eigenvalue weighted by Gasteiger charge is 2.16. The highest BCUT2D eigenvalue weighted by Crippen LogP contribution is 2.32. The van der Waals surface area contributed by atoms with Gasteiger partial charge < -0.3 is 9.47 Å². The predicted octanol–water partition coefficient (Wildman–Crippen LogP) is 7.78. The Labute approximate surface area is 179 Å². The lowest BCUT2D eigenvalue weighted by Crippen LogP contribution is -2.07. The zero-order valence-electron chi connectivity index (χ0n) is 18.1. The first-order chi connectivity index (χ1) is 14.6. The average molecular weight is 407 g/mol. The van der Waals surface area contributed by atoms with Gasteiger partial charge in [-0.15, -0.1) is 0 Å². The summed E-state index contributed by atoms with van der Waals surface area (Å²) in [6.07, 6.45) is 3.01. The van der Waals surface area contributed by atoms with E-state index in [9.17, 15) is 4.39 Å². The molecule has 3 heteroatoms. The van der Waals surface area contributed by atoms with Gasteiger partial charge in [-0.25, -0.2) is 4.39 Å². The molecule has 0 saturated heterocycles. The molecule has 158 valence electrons. The fraction of sp³-hybridized carbons (Fsp3) is 0.333. The van der Waals surface area contributed by atoms with Gasteiger partial charge in [-0.1, -0.05) is 50.2 Å². The van der Waals surface area contributed by atoms with E-state index < -0.39 is 0 Å². The highest BCUT2D eigenvalue weighted by molar-refractivity contribution is 5.35. The summed E-state index contributed by atoms with van der Waals surface area (Å²) in [5, 5.41) is 0. The van der Waals surface area contributed by atoms with E-state index in [1.165, 1.54) is 11.6 Å². The number of rotatable bonds is 10. The van der Waals surface area contributed by atoms with Crippen LogP contribution in [0, 0.1) is 11.7 Å². The van der Waals surface area contributed by atoms with Crippen molar-refractivity contribution in [3.8, 4) is 17.2 Å². The molecule has 0 spiro atoms. The van der Waals surface area contributed by atoms with Crippen molar-refractivity contribution >= 4 is 0 Å². The Bertz CT molecular complexity index is 904. The second kappa shape index (κ2) is 10.8. The van der Waals surface area contributed by atoms with Crippen LogP contribution in [-0.4, -0.2) is 6.61 Å². The van der Waals surface area contributed by atoms with Crippen molar-refractivity contribution < 1.29 is 13.9 Å². The SMILES string of the molecule is CCOc1ccc(C(CCCc2ccc(F)c(Oc3ccccc3)c2)C(C)C)cc1. The maximum Gasteiger partial charge on any atom is 0.165 e. The number of para-hydroxylation sites is 1. The normalized spacial score (nSPS) is 12.0. The van der Waals surface area contributed by atoms with E-state index in [-0.39, 0.29) is 11.6 Å². The minimum absolute atomic E-state index is 0.283. The summed E-state index contributed by atoms with van der Waals surface area (Å²) in [4.78, 5) is 0. The standard InChI is InChI=1S/C27H31FO2/c1-4-29-23-16-14-22(15-17-23)25(20(2)3)12-8-9-21-13-18-26(28)27(19-21)30-24-10-6-5-7-11-24/h5-7,10-11,13-20,25H,4,8-9,12H2,1-3H3. The maximum absolute atomic E-state index is 14.2. The summed E-state index contributed by atoms with van der Waals surface area (Å²) in [5.74, 6) is 2.54. The predicted molar refractivity (Wildman–Crippen MR) is 121 cm³/mol. The van der Waals surface area contributed by atoms with Crippen LogP contribution in [0.1, 0.15) is 50.7 Å². The maximum atomic E-state index is 14.2. The van der Waals surface area contributed by atoms with E-state index in [4.69, 9.17) is 9.47 Å². The number of aryl methyl sites for hydroxylation is 1. The molecule has 0 aliphatic rings. The van der Waals surface area contributed by atoms with Crippen LogP contribution >= 0.6 is 0 Å². The fourth-order valence-electron chi connectivity index (χ4n) is 3.79. The van der Waals surface area contributed by atoms with Crippen molar-refractivity contribution in [2.75, 3.05) is 6.61 Å². The van der Waals surface area contributed by atoms with Gasteiger partial charge in [0, 0.05) is 0 Å². The summed E-state index contributed by atoms with van der Waals surface area (Å²) in [5.41, 5.74) is 2.44. The number of halogens is 1. The van der Waals surface area contributed by atoms with E-state index in [1.54, 1.807) is 0 Å². The third kappa shape index (κ3) is 6.09. The van der Waals surface area contributed by atoms with Crippen molar-refractivity contribution in [2.24, 2.45) is 5.92 Å². The molecule has 0 N–H and O–H groups in total. The Morgan fingerprint density at radius 1 is 0.867 bits per heavy atom. The Morgan fingerprint density at radius 2 is 1.60 bits per heavy atom. The third-order valence-electron chi connectivity index (χ3n) is 5.37. The molecule has 2 nitrogen and oxygen atoms in total. The topological polar surface area (TPSA) is 18.5 Å². The summed E-state index contributed by atoms with van der Waals surface area (Å²) < 4.78 is 25.5. The molecule has 0 amide bonds. The molecule has 30 heavy (non-hydrogen) atoms. The van der Waals surface area contributed by atoms with Crippen LogP contribution in [0.15, 0.2) is 72.8 Å². The molecular formula is C27H31FO2. The molecule has 3 rings (SSSR count). The van der Waals surface area contributed by atoms with Crippen molar-refractivity contribution in [1.29, 1.82) is 0 Å². The van der Waals surface area contributed by atoms with Crippen LogP contribution in [0.2, 0.25) is 0 Å². The second-order valence-corrected chi connectivity index (χ2v) is 7.92. The monoisotopic (exact) mass is 406 g/mol. The second-order valence-electron chi connectivity index (χ2n) is 7.92. The van der Waals surface area contributed by atoms with Gasteiger partial charge in [-0.2, -0.15) is 0 Å². The lowest BCUT2D eigenvalue weighted by molar-refractivity contribution is 0.340. The zero-order chi connectivity index (χ0) is 21.3. The average Bonchev–Trinajstić information content (AvgIpc) is 2.75. The van der Waals surface area contributed by atoms with Crippen LogP contribution in [0.4, 0.5) is 4.39 Å². The lowest BCUT2D eigenvalue weighted by atomic mass is 9.84. The molecule has 0 radical (unpaired) electrons. The van der Waals surface area contributed by atoms with Crippen molar-refractivity contribution in [2.45, 2.75) is 46.0 Å². The smallest absolute Gasteiger partial charge is 0.165 e. The third-order valence-corrected chi connectivity index (χ3v) is 5.37. The summed E-state index contributed by atoms with van der Waals surface area (Å²) in [6, 6.07) is 23.0. The molecular weight excluding hydrogens is 375 g/mol. The van der Waals surface area contributed by atoms with E-state index >= 15 is 0 Å². The molecule has 1 atom stereocenters. The number of hydrogen-bond donors (Lipinski definition) is 0. The molecule has 3 aromatic rings. The summed E-state index contributed by atoms with van der Waals surface area (Å²) in [7, 11) is 0. The molecule has 0 heterocycles. The van der Waals surface area contributed by atoms with Crippen LogP contribution in [0.25, 0.3) is 0 Å². The van der Waals surface area contributed by atoms with Gasteiger partial charge in [0.1, 0.15) is 11.5 Å². The Kier molecular flexibility index (Phi) is 7.89. The Morgan fingerprint density at radius 3 is 2.27 bits per heavy atom. The van der Waals surface area contributed by atoms with Gasteiger partial charge in [-0.3, -0.25) is 0 Å². The largest absolute Gasteiger partial charge is 0.494 e. The lowest BCUT2D eigenvalue weighted by Gasteiger charge is -2.22. The van der Waals surface area contributed by atoms with Gasteiger partial charge in [-0.05, 0) is 85.5 Å². The number of benzene rings is 3. The fourth-order valence-corrected chi connectivity index (χ4v) is 3.79. The van der Waals surface area contributed by atoms with Crippen molar-refractivity contribution in [3.63, 3.8) is 0 Å². The Balaban J connectivity index is 1.61. The van der Waals surface area contributed by atoms with E-state index in [0.29, 0.717) is 24.2 Å². The molecule has 0 aliphatic heterocycles. The number of ether oxygens (including phenoxy) is 2. The van der Waals surface area contributed by atoms with Crippen LogP contribution in [0.5, 0.6) is 17.2 Å². The molecule has 0 aromatic heterocycles. The van der Waals surface area contributed by atoms with Crippen molar-refractivity contribution in [3.05, 3.63) is 89.7 Å². The van der Waals surface area contributed by atoms with E-state index in [0.717, 1.165) is 30.6 Å².